The van der Waals surface area contributed by atoms with Gasteiger partial charge >= 0.3 is 12.1 Å². The summed E-state index contributed by atoms with van der Waals surface area (Å²) >= 11 is 0. The molecule has 148 valence electrons. The van der Waals surface area contributed by atoms with E-state index in [0.717, 1.165) is 18.4 Å². The number of rotatable bonds is 7. The number of esters is 1. The van der Waals surface area contributed by atoms with Crippen LogP contribution in [-0.2, 0) is 19.1 Å². The van der Waals surface area contributed by atoms with E-state index in [9.17, 15) is 14.4 Å². The molecule has 1 fully saturated rings. The Morgan fingerprint density at radius 2 is 1.93 bits per heavy atom. The predicted octanol–water partition coefficient (Wildman–Crippen LogP) is 2.81. The smallest absolute Gasteiger partial charge is 0.408 e. The first-order valence-electron chi connectivity index (χ1n) is 9.11. The molecule has 1 saturated carbocycles. The van der Waals surface area contributed by atoms with E-state index < -0.39 is 29.6 Å². The van der Waals surface area contributed by atoms with Crippen LogP contribution in [-0.4, -0.2) is 37.2 Å². The zero-order valence-electron chi connectivity index (χ0n) is 16.3. The van der Waals surface area contributed by atoms with Gasteiger partial charge in [0, 0.05) is 0 Å². The van der Waals surface area contributed by atoms with Crippen LogP contribution in [0, 0.1) is 0 Å². The van der Waals surface area contributed by atoms with Crippen LogP contribution < -0.4 is 10.6 Å². The number of hydrogen-bond acceptors (Lipinski definition) is 5. The van der Waals surface area contributed by atoms with Crippen molar-refractivity contribution >= 4 is 18.0 Å². The highest BCUT2D eigenvalue weighted by molar-refractivity contribution is 5.83. The fourth-order valence-corrected chi connectivity index (χ4v) is 2.66. The van der Waals surface area contributed by atoms with Crippen LogP contribution in [0.4, 0.5) is 4.79 Å². The van der Waals surface area contributed by atoms with E-state index in [-0.39, 0.29) is 13.0 Å². The normalized spacial score (nSPS) is 14.8. The van der Waals surface area contributed by atoms with Crippen LogP contribution in [0.15, 0.2) is 24.3 Å². The molecule has 0 saturated heterocycles. The summed E-state index contributed by atoms with van der Waals surface area (Å²) in [5.41, 5.74) is 1.41. The first-order chi connectivity index (χ1) is 12.7. The van der Waals surface area contributed by atoms with Gasteiger partial charge in [-0.1, -0.05) is 24.3 Å². The molecule has 0 aliphatic heterocycles. The maximum atomic E-state index is 12.3. The third-order valence-corrected chi connectivity index (χ3v) is 4.09. The van der Waals surface area contributed by atoms with E-state index in [0.29, 0.717) is 5.92 Å². The standard InChI is InChI=1S/C20H28N2O5/c1-20(2,3)27-19(25)21-12-17(23)22-16(11-18(24)26-4)15-7-5-6-14(10-15)13-8-9-13/h5-7,10,13,16H,8-9,11-12H2,1-4H3,(H,21,25)(H,22,23). The van der Waals surface area contributed by atoms with Crippen LogP contribution in [0.3, 0.4) is 0 Å². The number of amides is 2. The van der Waals surface area contributed by atoms with Gasteiger partial charge in [-0.25, -0.2) is 4.79 Å². The Balaban J connectivity index is 1.99. The number of nitrogens with one attached hydrogen (secondary N) is 2. The van der Waals surface area contributed by atoms with Crippen molar-refractivity contribution < 1.29 is 23.9 Å². The Bertz CT molecular complexity index is 692. The molecule has 7 heteroatoms. The highest BCUT2D eigenvalue weighted by Crippen LogP contribution is 2.40. The lowest BCUT2D eigenvalue weighted by molar-refractivity contribution is -0.141. The third-order valence-electron chi connectivity index (χ3n) is 4.09. The van der Waals surface area contributed by atoms with Gasteiger partial charge in [0.2, 0.25) is 5.91 Å². The summed E-state index contributed by atoms with van der Waals surface area (Å²) in [6, 6.07) is 7.36. The molecule has 0 spiro atoms. The van der Waals surface area contributed by atoms with Gasteiger partial charge in [0.1, 0.15) is 12.1 Å². The van der Waals surface area contributed by atoms with Crippen molar-refractivity contribution in [2.45, 2.75) is 57.6 Å². The van der Waals surface area contributed by atoms with Crippen LogP contribution >= 0.6 is 0 Å². The zero-order valence-corrected chi connectivity index (χ0v) is 16.3. The molecular formula is C20H28N2O5. The number of methoxy groups -OCH3 is 1. The first-order valence-corrected chi connectivity index (χ1v) is 9.11. The Labute approximate surface area is 159 Å². The number of carbonyl (C=O) groups is 3. The topological polar surface area (TPSA) is 93.7 Å². The van der Waals surface area contributed by atoms with E-state index in [1.54, 1.807) is 20.8 Å². The van der Waals surface area contributed by atoms with Gasteiger partial charge in [-0.15, -0.1) is 0 Å². The molecule has 0 heterocycles. The Morgan fingerprint density at radius 3 is 2.52 bits per heavy atom. The number of alkyl carbamates (subject to hydrolysis) is 1. The molecule has 2 rings (SSSR count). The molecule has 1 aliphatic carbocycles. The summed E-state index contributed by atoms with van der Waals surface area (Å²) in [6.45, 7) is 4.98. The van der Waals surface area contributed by atoms with Gasteiger partial charge in [-0.3, -0.25) is 9.59 Å². The van der Waals surface area contributed by atoms with Crippen molar-refractivity contribution in [3.05, 3.63) is 35.4 Å². The van der Waals surface area contributed by atoms with Crippen molar-refractivity contribution in [1.29, 1.82) is 0 Å². The lowest BCUT2D eigenvalue weighted by Gasteiger charge is -2.21. The molecule has 2 N–H and O–H groups in total. The van der Waals surface area contributed by atoms with E-state index >= 15 is 0 Å². The lowest BCUT2D eigenvalue weighted by atomic mass is 9.99. The van der Waals surface area contributed by atoms with Gasteiger partial charge in [-0.05, 0) is 50.7 Å². The molecule has 2 amide bonds. The van der Waals surface area contributed by atoms with Crippen LogP contribution in [0.2, 0.25) is 0 Å². The summed E-state index contributed by atoms with van der Waals surface area (Å²) in [5.74, 6) is -0.267. The van der Waals surface area contributed by atoms with Gasteiger partial charge < -0.3 is 20.1 Å². The zero-order chi connectivity index (χ0) is 20.0. The molecule has 0 radical (unpaired) electrons. The second kappa shape index (κ2) is 8.88. The molecule has 0 aromatic heterocycles. The van der Waals surface area contributed by atoms with Crippen molar-refractivity contribution in [1.82, 2.24) is 10.6 Å². The number of carbonyl (C=O) groups excluding carboxylic acids is 3. The van der Waals surface area contributed by atoms with Crippen molar-refractivity contribution in [3.8, 4) is 0 Å². The summed E-state index contributed by atoms with van der Waals surface area (Å²) in [6.07, 6.45) is 1.68. The second-order valence-electron chi connectivity index (χ2n) is 7.70. The van der Waals surface area contributed by atoms with Gasteiger partial charge in [0.15, 0.2) is 0 Å². The number of ether oxygens (including phenoxy) is 2. The summed E-state index contributed by atoms with van der Waals surface area (Å²) in [5, 5.41) is 5.21. The maximum absolute atomic E-state index is 12.3. The highest BCUT2D eigenvalue weighted by atomic mass is 16.6. The van der Waals surface area contributed by atoms with E-state index in [4.69, 9.17) is 9.47 Å². The minimum Gasteiger partial charge on any atom is -0.469 e. The fraction of sp³-hybridized carbons (Fsp3) is 0.550. The summed E-state index contributed by atoms with van der Waals surface area (Å²) < 4.78 is 9.85. The van der Waals surface area contributed by atoms with Gasteiger partial charge in [-0.2, -0.15) is 0 Å². The summed E-state index contributed by atoms with van der Waals surface area (Å²) in [4.78, 5) is 35.7. The second-order valence-corrected chi connectivity index (χ2v) is 7.70. The predicted molar refractivity (Wildman–Crippen MR) is 100 cm³/mol. The van der Waals surface area contributed by atoms with Crippen molar-refractivity contribution in [2.75, 3.05) is 13.7 Å². The quantitative estimate of drug-likeness (QED) is 0.714. The van der Waals surface area contributed by atoms with E-state index in [2.05, 4.69) is 16.7 Å². The molecule has 7 nitrogen and oxygen atoms in total. The van der Waals surface area contributed by atoms with Crippen molar-refractivity contribution in [2.24, 2.45) is 0 Å². The van der Waals surface area contributed by atoms with E-state index in [1.807, 2.05) is 18.2 Å². The fourth-order valence-electron chi connectivity index (χ4n) is 2.66. The van der Waals surface area contributed by atoms with Crippen LogP contribution in [0.25, 0.3) is 0 Å². The average Bonchev–Trinajstić information content (AvgIpc) is 3.43. The number of benzene rings is 1. The molecule has 0 bridgehead atoms. The molecule has 1 unspecified atom stereocenters. The Kier molecular flexibility index (Phi) is 6.82. The highest BCUT2D eigenvalue weighted by Gasteiger charge is 2.25. The minimum atomic E-state index is -0.669. The molecule has 1 aliphatic rings. The van der Waals surface area contributed by atoms with Gasteiger partial charge in [0.25, 0.3) is 0 Å². The average molecular weight is 376 g/mol. The lowest BCUT2D eigenvalue weighted by Crippen LogP contribution is -2.41. The Hall–Kier alpha value is -2.57. The van der Waals surface area contributed by atoms with Crippen molar-refractivity contribution in [3.63, 3.8) is 0 Å². The largest absolute Gasteiger partial charge is 0.469 e. The SMILES string of the molecule is COC(=O)CC(NC(=O)CNC(=O)OC(C)(C)C)c1cccc(C2CC2)c1. The molecule has 1 aromatic rings. The summed E-state index contributed by atoms with van der Waals surface area (Å²) in [7, 11) is 1.31. The third kappa shape index (κ3) is 7.29. The first kappa shape index (κ1) is 20.7. The molecule has 1 atom stereocenters. The minimum absolute atomic E-state index is 0.0167. The number of hydrogen-bond donors (Lipinski definition) is 2. The van der Waals surface area contributed by atoms with Crippen LogP contribution in [0.5, 0.6) is 0 Å². The maximum Gasteiger partial charge on any atom is 0.408 e. The molecule has 1 aromatic carbocycles. The molecule has 27 heavy (non-hydrogen) atoms. The monoisotopic (exact) mass is 376 g/mol. The van der Waals surface area contributed by atoms with Gasteiger partial charge in [0.05, 0.1) is 19.6 Å². The Morgan fingerprint density at radius 1 is 1.22 bits per heavy atom. The van der Waals surface area contributed by atoms with Crippen LogP contribution in [0.1, 0.15) is 63.1 Å². The van der Waals surface area contributed by atoms with E-state index in [1.165, 1.54) is 12.7 Å². The molecular weight excluding hydrogens is 348 g/mol.